The number of carbonyl (C=O) groups excluding carboxylic acids is 1. The van der Waals surface area contributed by atoms with E-state index in [1.54, 1.807) is 23.4 Å². The Bertz CT molecular complexity index is 829. The normalized spacial score (nSPS) is 20.6. The molecule has 1 fully saturated rings. The van der Waals surface area contributed by atoms with Gasteiger partial charge in [-0.2, -0.15) is 5.10 Å². The third kappa shape index (κ3) is 3.52. The summed E-state index contributed by atoms with van der Waals surface area (Å²) in [6.45, 7) is 2.28. The molecule has 2 aliphatic heterocycles. The second-order valence-corrected chi connectivity index (χ2v) is 7.47. The third-order valence-corrected chi connectivity index (χ3v) is 5.43. The number of likely N-dealkylation sites (tertiary alicyclic amines) is 1. The first kappa shape index (κ1) is 17.6. The van der Waals surface area contributed by atoms with Crippen molar-refractivity contribution >= 4 is 34.8 Å². The van der Waals surface area contributed by atoms with Crippen molar-refractivity contribution in [2.75, 3.05) is 19.6 Å². The van der Waals surface area contributed by atoms with E-state index >= 15 is 0 Å². The molecule has 0 bridgehead atoms. The van der Waals surface area contributed by atoms with Crippen molar-refractivity contribution in [1.29, 1.82) is 0 Å². The molecule has 5 nitrogen and oxygen atoms in total. The lowest BCUT2D eigenvalue weighted by Gasteiger charge is -2.25. The van der Waals surface area contributed by atoms with Crippen LogP contribution in [0, 0.1) is 0 Å². The van der Waals surface area contributed by atoms with Crippen LogP contribution in [0.25, 0.3) is 0 Å². The molecular weight excluding hydrogens is 373 g/mol. The summed E-state index contributed by atoms with van der Waals surface area (Å²) in [5.74, 6) is 0.638. The average Bonchev–Trinajstić information content (AvgIpc) is 3.37. The summed E-state index contributed by atoms with van der Waals surface area (Å²) in [5, 5.41) is 7.29. The van der Waals surface area contributed by atoms with Gasteiger partial charge in [0.25, 0.3) is 5.91 Å². The van der Waals surface area contributed by atoms with Gasteiger partial charge in [-0.25, -0.2) is 5.01 Å². The van der Waals surface area contributed by atoms with Gasteiger partial charge in [0.1, 0.15) is 11.5 Å². The zero-order chi connectivity index (χ0) is 18.1. The highest BCUT2D eigenvalue weighted by atomic mass is 35.5. The number of furan rings is 1. The zero-order valence-electron chi connectivity index (χ0n) is 14.2. The van der Waals surface area contributed by atoms with Gasteiger partial charge < -0.3 is 4.42 Å². The summed E-state index contributed by atoms with van der Waals surface area (Å²) in [6.07, 6.45) is 4.42. The number of nitrogens with zero attached hydrogens (tertiary/aromatic N) is 3. The predicted molar refractivity (Wildman–Crippen MR) is 102 cm³/mol. The van der Waals surface area contributed by atoms with Gasteiger partial charge >= 0.3 is 0 Å². The number of halogens is 2. The van der Waals surface area contributed by atoms with Crippen molar-refractivity contribution in [2.45, 2.75) is 25.3 Å². The number of hydrazone groups is 1. The molecular formula is C19H19Cl2N3O2. The standard InChI is InChI=1S/C19H19Cl2N3O2/c20-13-5-6-15(21)14(10-13)17-11-16(18-4-3-9-26-18)22-24(17)19(25)12-23-7-1-2-8-23/h3-6,9-10,17H,1-2,7-8,11-12H2. The van der Waals surface area contributed by atoms with Gasteiger partial charge in [0.05, 0.1) is 18.8 Å². The Labute approximate surface area is 162 Å². The van der Waals surface area contributed by atoms with Crippen molar-refractivity contribution < 1.29 is 9.21 Å². The molecule has 1 aromatic carbocycles. The van der Waals surface area contributed by atoms with Gasteiger partial charge in [0, 0.05) is 16.5 Å². The Hall–Kier alpha value is -1.82. The van der Waals surface area contributed by atoms with Crippen LogP contribution in [0.1, 0.15) is 36.6 Å². The molecule has 2 aliphatic rings. The number of carbonyl (C=O) groups is 1. The highest BCUT2D eigenvalue weighted by Crippen LogP contribution is 2.37. The van der Waals surface area contributed by atoms with E-state index in [-0.39, 0.29) is 11.9 Å². The maximum absolute atomic E-state index is 13.0. The van der Waals surface area contributed by atoms with E-state index in [4.69, 9.17) is 27.6 Å². The van der Waals surface area contributed by atoms with E-state index in [0.717, 1.165) is 37.2 Å². The van der Waals surface area contributed by atoms with E-state index in [2.05, 4.69) is 10.0 Å². The summed E-state index contributed by atoms with van der Waals surface area (Å²) in [4.78, 5) is 15.1. The number of hydrogen-bond acceptors (Lipinski definition) is 4. The Morgan fingerprint density at radius 1 is 1.23 bits per heavy atom. The van der Waals surface area contributed by atoms with Crippen LogP contribution in [0.3, 0.4) is 0 Å². The lowest BCUT2D eigenvalue weighted by molar-refractivity contribution is -0.134. The van der Waals surface area contributed by atoms with Gasteiger partial charge in [-0.3, -0.25) is 9.69 Å². The molecule has 1 unspecified atom stereocenters. The molecule has 136 valence electrons. The van der Waals surface area contributed by atoms with Crippen molar-refractivity contribution in [3.8, 4) is 0 Å². The van der Waals surface area contributed by atoms with Crippen LogP contribution in [0.4, 0.5) is 0 Å². The van der Waals surface area contributed by atoms with Crippen LogP contribution >= 0.6 is 23.2 Å². The molecule has 1 atom stereocenters. The van der Waals surface area contributed by atoms with Gasteiger partial charge in [-0.15, -0.1) is 0 Å². The summed E-state index contributed by atoms with van der Waals surface area (Å²) >= 11 is 12.6. The molecule has 0 aliphatic carbocycles. The SMILES string of the molecule is O=C(CN1CCCC1)N1N=C(c2ccco2)CC1c1cc(Cl)ccc1Cl. The third-order valence-electron chi connectivity index (χ3n) is 4.85. The molecule has 0 spiro atoms. The molecule has 26 heavy (non-hydrogen) atoms. The summed E-state index contributed by atoms with van der Waals surface area (Å²) in [7, 11) is 0. The van der Waals surface area contributed by atoms with Gasteiger partial charge in [-0.05, 0) is 61.8 Å². The Morgan fingerprint density at radius 3 is 2.77 bits per heavy atom. The fourth-order valence-electron chi connectivity index (χ4n) is 3.55. The van der Waals surface area contributed by atoms with Crippen LogP contribution in [-0.4, -0.2) is 41.2 Å². The maximum Gasteiger partial charge on any atom is 0.257 e. The summed E-state index contributed by atoms with van der Waals surface area (Å²) in [5.41, 5.74) is 1.55. The predicted octanol–water partition coefficient (Wildman–Crippen LogP) is 4.36. The molecule has 0 N–H and O–H groups in total. The second kappa shape index (κ2) is 7.43. The summed E-state index contributed by atoms with van der Waals surface area (Å²) in [6, 6.07) is 8.69. The largest absolute Gasteiger partial charge is 0.463 e. The van der Waals surface area contributed by atoms with E-state index < -0.39 is 0 Å². The molecule has 1 amide bonds. The number of amides is 1. The topological polar surface area (TPSA) is 49.1 Å². The minimum Gasteiger partial charge on any atom is -0.463 e. The first-order valence-electron chi connectivity index (χ1n) is 8.72. The van der Waals surface area contributed by atoms with Gasteiger partial charge in [0.15, 0.2) is 0 Å². The lowest BCUT2D eigenvalue weighted by Crippen LogP contribution is -2.37. The van der Waals surface area contributed by atoms with Crippen molar-refractivity contribution in [3.05, 3.63) is 58.0 Å². The number of rotatable bonds is 4. The Balaban J connectivity index is 1.65. The first-order valence-corrected chi connectivity index (χ1v) is 9.48. The number of benzene rings is 1. The molecule has 7 heteroatoms. The molecule has 0 radical (unpaired) electrons. The molecule has 4 rings (SSSR count). The van der Waals surface area contributed by atoms with Gasteiger partial charge in [-0.1, -0.05) is 23.2 Å². The van der Waals surface area contributed by atoms with E-state index in [9.17, 15) is 4.79 Å². The smallest absolute Gasteiger partial charge is 0.257 e. The van der Waals surface area contributed by atoms with Gasteiger partial charge in [0.2, 0.25) is 0 Å². The monoisotopic (exact) mass is 391 g/mol. The molecule has 1 saturated heterocycles. The highest BCUT2D eigenvalue weighted by molar-refractivity contribution is 6.33. The maximum atomic E-state index is 13.0. The quantitative estimate of drug-likeness (QED) is 0.777. The van der Waals surface area contributed by atoms with E-state index in [0.29, 0.717) is 28.8 Å². The van der Waals surface area contributed by atoms with Crippen LogP contribution in [0.2, 0.25) is 10.0 Å². The fraction of sp³-hybridized carbons (Fsp3) is 0.368. The van der Waals surface area contributed by atoms with Crippen LogP contribution in [0.15, 0.2) is 46.1 Å². The highest BCUT2D eigenvalue weighted by Gasteiger charge is 2.36. The Morgan fingerprint density at radius 2 is 2.04 bits per heavy atom. The average molecular weight is 392 g/mol. The van der Waals surface area contributed by atoms with Crippen molar-refractivity contribution in [1.82, 2.24) is 9.91 Å². The second-order valence-electron chi connectivity index (χ2n) is 6.63. The van der Waals surface area contributed by atoms with Crippen molar-refractivity contribution in [2.24, 2.45) is 5.10 Å². The minimum atomic E-state index is -0.281. The summed E-state index contributed by atoms with van der Waals surface area (Å²) < 4.78 is 5.48. The fourth-order valence-corrected chi connectivity index (χ4v) is 3.97. The van der Waals surface area contributed by atoms with Crippen LogP contribution < -0.4 is 0 Å². The molecule has 3 heterocycles. The zero-order valence-corrected chi connectivity index (χ0v) is 15.7. The lowest BCUT2D eigenvalue weighted by atomic mass is 10.0. The molecule has 2 aromatic rings. The van der Waals surface area contributed by atoms with Crippen LogP contribution in [0.5, 0.6) is 0 Å². The Kier molecular flexibility index (Phi) is 5.02. The molecule has 1 aromatic heterocycles. The van der Waals surface area contributed by atoms with Crippen LogP contribution in [-0.2, 0) is 4.79 Å². The van der Waals surface area contributed by atoms with E-state index in [1.165, 1.54) is 0 Å². The molecule has 0 saturated carbocycles. The van der Waals surface area contributed by atoms with E-state index in [1.807, 2.05) is 18.2 Å². The minimum absolute atomic E-state index is 0.0329. The number of hydrogen-bond donors (Lipinski definition) is 0. The first-order chi connectivity index (χ1) is 12.6. The van der Waals surface area contributed by atoms with Crippen molar-refractivity contribution in [3.63, 3.8) is 0 Å².